The highest BCUT2D eigenvalue weighted by Crippen LogP contribution is 2.24. The number of furan rings is 1. The molecule has 18 heavy (non-hydrogen) atoms. The van der Waals surface area contributed by atoms with E-state index in [0.717, 1.165) is 0 Å². The zero-order chi connectivity index (χ0) is 12.5. The number of carbonyl (C=O) groups is 1. The Labute approximate surface area is 99.4 Å². The molecule has 3 heterocycles. The first-order chi connectivity index (χ1) is 8.75. The molecule has 0 atom stereocenters. The first-order valence-electron chi connectivity index (χ1n) is 4.88. The number of carbonyl (C=O) groups excluding carboxylic acids is 1. The van der Waals surface area contributed by atoms with Crippen LogP contribution in [0.2, 0.25) is 0 Å². The third-order valence-corrected chi connectivity index (χ3v) is 2.20. The largest absolute Gasteiger partial charge is 0.459 e. The molecule has 1 amide bonds. The molecule has 90 valence electrons. The van der Waals surface area contributed by atoms with E-state index in [2.05, 4.69) is 19.8 Å². The lowest BCUT2D eigenvalue weighted by Crippen LogP contribution is -2.12. The average Bonchev–Trinajstić information content (AvgIpc) is 3.10. The van der Waals surface area contributed by atoms with E-state index in [1.165, 1.54) is 12.5 Å². The van der Waals surface area contributed by atoms with Gasteiger partial charge in [-0.25, -0.2) is 0 Å². The van der Waals surface area contributed by atoms with Gasteiger partial charge in [0.15, 0.2) is 11.5 Å². The minimum atomic E-state index is -0.733. The number of hydrogen-bond donors (Lipinski definition) is 1. The number of nitrogens with two attached hydrogens (primary N) is 1. The van der Waals surface area contributed by atoms with Crippen LogP contribution in [0.4, 0.5) is 0 Å². The van der Waals surface area contributed by atoms with Crippen molar-refractivity contribution in [2.24, 2.45) is 5.73 Å². The van der Waals surface area contributed by atoms with Crippen molar-refractivity contribution in [3.63, 3.8) is 0 Å². The summed E-state index contributed by atoms with van der Waals surface area (Å²) in [4.78, 5) is 15.1. The Balaban J connectivity index is 2.03. The zero-order valence-electron chi connectivity index (χ0n) is 8.86. The lowest BCUT2D eigenvalue weighted by Gasteiger charge is -1.88. The minimum Gasteiger partial charge on any atom is -0.459 e. The Hall–Kier alpha value is -2.90. The molecule has 0 spiro atoms. The highest BCUT2D eigenvalue weighted by molar-refractivity contribution is 5.96. The van der Waals surface area contributed by atoms with E-state index in [4.69, 9.17) is 14.7 Å². The van der Waals surface area contributed by atoms with Gasteiger partial charge in [0.1, 0.15) is 6.26 Å². The summed E-state index contributed by atoms with van der Waals surface area (Å²) in [6.45, 7) is 0. The van der Waals surface area contributed by atoms with Crippen molar-refractivity contribution in [3.8, 4) is 23.0 Å². The van der Waals surface area contributed by atoms with Crippen molar-refractivity contribution in [1.29, 1.82) is 0 Å². The fraction of sp³-hybridized carbons (Fsp3) is 0. The fourth-order valence-electron chi connectivity index (χ4n) is 1.41. The lowest BCUT2D eigenvalue weighted by molar-refractivity contribution is 0.0992. The molecule has 3 rings (SSSR count). The molecule has 0 radical (unpaired) electrons. The van der Waals surface area contributed by atoms with Gasteiger partial charge in [-0.1, -0.05) is 10.3 Å². The fourth-order valence-corrected chi connectivity index (χ4v) is 1.41. The third kappa shape index (κ3) is 1.56. The van der Waals surface area contributed by atoms with Crippen LogP contribution >= 0.6 is 0 Å². The maximum absolute atomic E-state index is 11.1. The van der Waals surface area contributed by atoms with Gasteiger partial charge < -0.3 is 19.2 Å². The molecule has 0 aliphatic rings. The van der Waals surface area contributed by atoms with Gasteiger partial charge in [0.2, 0.25) is 5.82 Å². The van der Waals surface area contributed by atoms with Gasteiger partial charge in [-0.2, -0.15) is 4.98 Å². The molecule has 0 unspecified atom stereocenters. The second-order valence-corrected chi connectivity index (χ2v) is 3.34. The highest BCUT2D eigenvalue weighted by atomic mass is 16.5. The number of nitrogens with zero attached hydrogens (tertiary/aromatic N) is 3. The van der Waals surface area contributed by atoms with E-state index >= 15 is 0 Å². The summed E-state index contributed by atoms with van der Waals surface area (Å²) < 4.78 is 14.8. The van der Waals surface area contributed by atoms with Gasteiger partial charge >= 0.3 is 0 Å². The smallest absolute Gasteiger partial charge is 0.293 e. The Kier molecular flexibility index (Phi) is 2.19. The Morgan fingerprint density at radius 2 is 2.22 bits per heavy atom. The van der Waals surface area contributed by atoms with E-state index < -0.39 is 5.91 Å². The Morgan fingerprint density at radius 3 is 2.94 bits per heavy atom. The van der Waals surface area contributed by atoms with E-state index in [-0.39, 0.29) is 23.0 Å². The molecule has 8 heteroatoms. The third-order valence-electron chi connectivity index (χ3n) is 2.20. The van der Waals surface area contributed by atoms with Gasteiger partial charge in [-0.15, -0.1) is 0 Å². The summed E-state index contributed by atoms with van der Waals surface area (Å²) in [5.41, 5.74) is 5.35. The summed E-state index contributed by atoms with van der Waals surface area (Å²) in [7, 11) is 0. The maximum Gasteiger partial charge on any atom is 0.293 e. The van der Waals surface area contributed by atoms with Gasteiger partial charge in [-0.3, -0.25) is 4.79 Å². The molecular weight excluding hydrogens is 240 g/mol. The van der Waals surface area contributed by atoms with Crippen molar-refractivity contribution in [1.82, 2.24) is 15.3 Å². The lowest BCUT2D eigenvalue weighted by atomic mass is 10.2. The molecule has 0 bridgehead atoms. The maximum atomic E-state index is 11.1. The van der Waals surface area contributed by atoms with Crippen LogP contribution in [-0.4, -0.2) is 21.2 Å². The number of aromatic nitrogens is 3. The Morgan fingerprint density at radius 1 is 1.33 bits per heavy atom. The summed E-state index contributed by atoms with van der Waals surface area (Å²) in [6, 6.07) is 3.35. The number of rotatable bonds is 3. The minimum absolute atomic E-state index is 0.0539. The Bertz CT molecular complexity index is 682. The monoisotopic (exact) mass is 246 g/mol. The van der Waals surface area contributed by atoms with E-state index in [0.29, 0.717) is 5.76 Å². The van der Waals surface area contributed by atoms with Gasteiger partial charge in [0.25, 0.3) is 11.8 Å². The molecule has 0 fully saturated rings. The molecule has 0 aromatic carbocycles. The number of hydrogen-bond acceptors (Lipinski definition) is 7. The quantitative estimate of drug-likeness (QED) is 0.733. The van der Waals surface area contributed by atoms with Crippen molar-refractivity contribution < 1.29 is 18.3 Å². The predicted molar refractivity (Wildman–Crippen MR) is 56.0 cm³/mol. The second-order valence-electron chi connectivity index (χ2n) is 3.34. The topological polar surface area (TPSA) is 121 Å². The van der Waals surface area contributed by atoms with Gasteiger partial charge in [-0.05, 0) is 12.1 Å². The standard InChI is InChI=1S/C10H6N4O4/c11-8(15)7-5(4-17-13-7)9-12-10(18-14-9)6-2-1-3-16-6/h1-4H,(H2,11,15). The number of amides is 1. The van der Waals surface area contributed by atoms with E-state index in [9.17, 15) is 4.79 Å². The summed E-state index contributed by atoms with van der Waals surface area (Å²) >= 11 is 0. The van der Waals surface area contributed by atoms with Crippen LogP contribution in [0.25, 0.3) is 23.0 Å². The molecule has 0 aliphatic heterocycles. The first kappa shape index (κ1) is 10.3. The van der Waals surface area contributed by atoms with Crippen LogP contribution in [0.3, 0.4) is 0 Å². The second kappa shape index (κ2) is 3.84. The van der Waals surface area contributed by atoms with Crippen LogP contribution in [0.1, 0.15) is 10.5 Å². The van der Waals surface area contributed by atoms with Crippen LogP contribution in [-0.2, 0) is 0 Å². The average molecular weight is 246 g/mol. The summed E-state index contributed by atoms with van der Waals surface area (Å²) in [5.74, 6) is 0.0250. The summed E-state index contributed by atoms with van der Waals surface area (Å²) in [5, 5.41) is 7.17. The molecule has 3 aromatic heterocycles. The normalized spacial score (nSPS) is 10.7. The van der Waals surface area contributed by atoms with Crippen molar-refractivity contribution in [2.75, 3.05) is 0 Å². The molecule has 3 aromatic rings. The van der Waals surface area contributed by atoms with E-state index in [1.807, 2.05) is 0 Å². The van der Waals surface area contributed by atoms with Crippen LogP contribution in [0.15, 0.2) is 38.1 Å². The van der Waals surface area contributed by atoms with Crippen LogP contribution in [0.5, 0.6) is 0 Å². The van der Waals surface area contributed by atoms with Crippen LogP contribution < -0.4 is 5.73 Å². The van der Waals surface area contributed by atoms with Crippen molar-refractivity contribution >= 4 is 5.91 Å². The zero-order valence-corrected chi connectivity index (χ0v) is 8.86. The van der Waals surface area contributed by atoms with Crippen molar-refractivity contribution in [2.45, 2.75) is 0 Å². The molecule has 2 N–H and O–H groups in total. The molecule has 0 saturated carbocycles. The van der Waals surface area contributed by atoms with Crippen LogP contribution in [0, 0.1) is 0 Å². The molecular formula is C10H6N4O4. The van der Waals surface area contributed by atoms with E-state index in [1.54, 1.807) is 12.1 Å². The molecule has 0 saturated heterocycles. The molecule has 8 nitrogen and oxygen atoms in total. The molecule has 0 aliphatic carbocycles. The van der Waals surface area contributed by atoms with Gasteiger partial charge in [0, 0.05) is 0 Å². The SMILES string of the molecule is NC(=O)c1nocc1-c1noc(-c2ccco2)n1. The van der Waals surface area contributed by atoms with Crippen molar-refractivity contribution in [3.05, 3.63) is 30.4 Å². The summed E-state index contributed by atoms with van der Waals surface area (Å²) in [6.07, 6.45) is 2.70. The first-order valence-corrected chi connectivity index (χ1v) is 4.88. The highest BCUT2D eigenvalue weighted by Gasteiger charge is 2.20. The predicted octanol–water partition coefficient (Wildman–Crippen LogP) is 1.08. The number of primary amides is 1. The van der Waals surface area contributed by atoms with Gasteiger partial charge in [0.05, 0.1) is 11.8 Å².